The van der Waals surface area contributed by atoms with E-state index in [9.17, 15) is 4.79 Å². The summed E-state index contributed by atoms with van der Waals surface area (Å²) in [5.41, 5.74) is 0.887. The number of likely N-dealkylation sites (tertiary alicyclic amines) is 1. The van der Waals surface area contributed by atoms with E-state index in [0.717, 1.165) is 24.5 Å². The topological polar surface area (TPSA) is 76.2 Å². The van der Waals surface area contributed by atoms with Gasteiger partial charge in [-0.05, 0) is 19.3 Å². The molecular weight excluding hydrogens is 294 g/mol. The lowest BCUT2D eigenvalue weighted by Gasteiger charge is -2.40. The van der Waals surface area contributed by atoms with Crippen LogP contribution in [0.2, 0.25) is 0 Å². The Hall–Kier alpha value is -2.15. The van der Waals surface area contributed by atoms with Gasteiger partial charge in [0, 0.05) is 45.5 Å². The van der Waals surface area contributed by atoms with E-state index in [0.29, 0.717) is 25.4 Å². The van der Waals surface area contributed by atoms with Crippen LogP contribution in [0.25, 0.3) is 0 Å². The van der Waals surface area contributed by atoms with Crippen molar-refractivity contribution < 1.29 is 9.21 Å². The van der Waals surface area contributed by atoms with Crippen LogP contribution in [-0.2, 0) is 18.4 Å². The number of oxazole rings is 1. The molecule has 3 rings (SSSR count). The molecule has 2 atom stereocenters. The standard InChI is InChI=1S/C16H23N5O2/c1-3-21-14(22)5-4-12(8-17-9-13-10-23-11-19-13)15(21)16-18-6-7-20(16)2/h6-7,10-12,15,17H,3-5,8-9H2,1-2H3/t12-,15+/m1/s1. The predicted molar refractivity (Wildman–Crippen MR) is 84.3 cm³/mol. The lowest BCUT2D eigenvalue weighted by atomic mass is 9.87. The molecule has 124 valence electrons. The van der Waals surface area contributed by atoms with Crippen LogP contribution in [0.5, 0.6) is 0 Å². The molecule has 0 saturated carbocycles. The second-order valence-electron chi connectivity index (χ2n) is 5.93. The molecule has 1 fully saturated rings. The molecule has 0 bridgehead atoms. The van der Waals surface area contributed by atoms with Crippen LogP contribution in [-0.4, -0.2) is 38.4 Å². The van der Waals surface area contributed by atoms with Crippen LogP contribution in [0.1, 0.15) is 37.3 Å². The third-order valence-electron chi connectivity index (χ3n) is 4.49. The molecule has 7 nitrogen and oxygen atoms in total. The number of imidazole rings is 1. The van der Waals surface area contributed by atoms with E-state index in [2.05, 4.69) is 15.3 Å². The Balaban J connectivity index is 1.73. The second-order valence-corrected chi connectivity index (χ2v) is 5.93. The Morgan fingerprint density at radius 2 is 2.30 bits per heavy atom. The number of nitrogens with zero attached hydrogens (tertiary/aromatic N) is 4. The van der Waals surface area contributed by atoms with Gasteiger partial charge in [0.1, 0.15) is 12.1 Å². The van der Waals surface area contributed by atoms with E-state index in [1.54, 1.807) is 12.5 Å². The predicted octanol–water partition coefficient (Wildman–Crippen LogP) is 1.50. The van der Waals surface area contributed by atoms with Crippen LogP contribution in [0.15, 0.2) is 29.5 Å². The summed E-state index contributed by atoms with van der Waals surface area (Å²) in [6.07, 6.45) is 8.28. The van der Waals surface area contributed by atoms with Gasteiger partial charge < -0.3 is 19.2 Å². The SMILES string of the molecule is CCN1C(=O)CC[C@H](CNCc2cocn2)[C@H]1c1nccn1C. The van der Waals surface area contributed by atoms with Crippen molar-refractivity contribution in [2.24, 2.45) is 13.0 Å². The highest BCUT2D eigenvalue weighted by Gasteiger charge is 2.37. The summed E-state index contributed by atoms with van der Waals surface area (Å²) in [6, 6.07) is 0.0195. The molecule has 0 aliphatic carbocycles. The highest BCUT2D eigenvalue weighted by Crippen LogP contribution is 2.35. The van der Waals surface area contributed by atoms with Crippen molar-refractivity contribution in [2.75, 3.05) is 13.1 Å². The van der Waals surface area contributed by atoms with Crippen LogP contribution in [0, 0.1) is 5.92 Å². The number of nitrogens with one attached hydrogen (secondary N) is 1. The summed E-state index contributed by atoms with van der Waals surface area (Å²) in [5.74, 6) is 1.50. The summed E-state index contributed by atoms with van der Waals surface area (Å²) in [6.45, 7) is 4.21. The van der Waals surface area contributed by atoms with Gasteiger partial charge in [-0.25, -0.2) is 9.97 Å². The lowest BCUT2D eigenvalue weighted by molar-refractivity contribution is -0.139. The van der Waals surface area contributed by atoms with Crippen LogP contribution < -0.4 is 5.32 Å². The lowest BCUT2D eigenvalue weighted by Crippen LogP contribution is -2.46. The molecule has 1 N–H and O–H groups in total. The molecular formula is C16H23N5O2. The minimum absolute atomic E-state index is 0.0195. The first-order valence-corrected chi connectivity index (χ1v) is 8.05. The van der Waals surface area contributed by atoms with Crippen molar-refractivity contribution >= 4 is 5.91 Å². The van der Waals surface area contributed by atoms with Gasteiger partial charge in [0.15, 0.2) is 6.39 Å². The summed E-state index contributed by atoms with van der Waals surface area (Å²) in [4.78, 5) is 22.9. The van der Waals surface area contributed by atoms with Gasteiger partial charge in [-0.15, -0.1) is 0 Å². The van der Waals surface area contributed by atoms with Gasteiger partial charge in [-0.1, -0.05) is 0 Å². The Kier molecular flexibility index (Phi) is 4.76. The molecule has 0 radical (unpaired) electrons. The Bertz CT molecular complexity index is 637. The largest absolute Gasteiger partial charge is 0.451 e. The fraction of sp³-hybridized carbons (Fsp3) is 0.562. The van der Waals surface area contributed by atoms with Crippen molar-refractivity contribution in [1.29, 1.82) is 0 Å². The number of aromatic nitrogens is 3. The van der Waals surface area contributed by atoms with E-state index in [1.807, 2.05) is 29.6 Å². The van der Waals surface area contributed by atoms with E-state index in [-0.39, 0.29) is 11.9 Å². The maximum absolute atomic E-state index is 12.3. The van der Waals surface area contributed by atoms with Crippen molar-refractivity contribution in [3.05, 3.63) is 36.6 Å². The summed E-state index contributed by atoms with van der Waals surface area (Å²) >= 11 is 0. The van der Waals surface area contributed by atoms with Crippen molar-refractivity contribution in [1.82, 2.24) is 24.8 Å². The number of piperidine rings is 1. The molecule has 2 aromatic heterocycles. The first-order valence-electron chi connectivity index (χ1n) is 8.05. The summed E-state index contributed by atoms with van der Waals surface area (Å²) in [7, 11) is 1.98. The highest BCUT2D eigenvalue weighted by atomic mass is 16.3. The van der Waals surface area contributed by atoms with Crippen molar-refractivity contribution in [3.8, 4) is 0 Å². The minimum Gasteiger partial charge on any atom is -0.451 e. The molecule has 7 heteroatoms. The van der Waals surface area contributed by atoms with Gasteiger partial charge in [0.25, 0.3) is 0 Å². The first-order chi connectivity index (χ1) is 11.2. The summed E-state index contributed by atoms with van der Waals surface area (Å²) in [5, 5.41) is 3.43. The van der Waals surface area contributed by atoms with Gasteiger partial charge in [0.05, 0.1) is 11.7 Å². The number of hydrogen-bond donors (Lipinski definition) is 1. The molecule has 23 heavy (non-hydrogen) atoms. The number of amides is 1. The average Bonchev–Trinajstić information content (AvgIpc) is 3.20. The van der Waals surface area contributed by atoms with E-state index >= 15 is 0 Å². The zero-order valence-electron chi connectivity index (χ0n) is 13.6. The molecule has 0 spiro atoms. The fourth-order valence-electron chi connectivity index (χ4n) is 3.33. The smallest absolute Gasteiger partial charge is 0.223 e. The molecule has 2 aromatic rings. The van der Waals surface area contributed by atoms with Crippen molar-refractivity contribution in [2.45, 2.75) is 32.4 Å². The monoisotopic (exact) mass is 317 g/mol. The maximum Gasteiger partial charge on any atom is 0.223 e. The average molecular weight is 317 g/mol. The van der Waals surface area contributed by atoms with E-state index in [1.165, 1.54) is 6.39 Å². The number of carbonyl (C=O) groups is 1. The molecule has 0 aromatic carbocycles. The second kappa shape index (κ2) is 6.95. The normalized spacial score (nSPS) is 21.8. The first kappa shape index (κ1) is 15.7. The number of hydrogen-bond acceptors (Lipinski definition) is 5. The zero-order chi connectivity index (χ0) is 16.2. The van der Waals surface area contributed by atoms with E-state index < -0.39 is 0 Å². The Morgan fingerprint density at radius 3 is 2.96 bits per heavy atom. The Morgan fingerprint density at radius 1 is 1.43 bits per heavy atom. The number of aryl methyl sites for hydroxylation is 1. The molecule has 1 aliphatic heterocycles. The quantitative estimate of drug-likeness (QED) is 0.874. The molecule has 1 saturated heterocycles. The number of carbonyl (C=O) groups excluding carboxylic acids is 1. The Labute approximate surface area is 135 Å². The van der Waals surface area contributed by atoms with Gasteiger partial charge >= 0.3 is 0 Å². The third kappa shape index (κ3) is 3.29. The van der Waals surface area contributed by atoms with Crippen LogP contribution in [0.4, 0.5) is 0 Å². The number of rotatable bonds is 6. The zero-order valence-corrected chi connectivity index (χ0v) is 13.6. The summed E-state index contributed by atoms with van der Waals surface area (Å²) < 4.78 is 6.99. The van der Waals surface area contributed by atoms with Gasteiger partial charge in [-0.2, -0.15) is 0 Å². The van der Waals surface area contributed by atoms with Gasteiger partial charge in [0.2, 0.25) is 5.91 Å². The highest BCUT2D eigenvalue weighted by molar-refractivity contribution is 5.77. The fourth-order valence-corrected chi connectivity index (χ4v) is 3.33. The minimum atomic E-state index is 0.0195. The van der Waals surface area contributed by atoms with Crippen LogP contribution in [0.3, 0.4) is 0 Å². The maximum atomic E-state index is 12.3. The van der Waals surface area contributed by atoms with Crippen LogP contribution >= 0.6 is 0 Å². The third-order valence-corrected chi connectivity index (χ3v) is 4.49. The molecule has 3 heterocycles. The molecule has 1 amide bonds. The van der Waals surface area contributed by atoms with Crippen molar-refractivity contribution in [3.63, 3.8) is 0 Å². The molecule has 0 unspecified atom stereocenters. The molecule has 1 aliphatic rings. The van der Waals surface area contributed by atoms with Gasteiger partial charge in [-0.3, -0.25) is 4.79 Å². The van der Waals surface area contributed by atoms with E-state index in [4.69, 9.17) is 4.42 Å².